The maximum absolute atomic E-state index is 8.83. The fourth-order valence-electron chi connectivity index (χ4n) is 1.22. The number of hydrogen-bond donors (Lipinski definition) is 2. The van der Waals surface area contributed by atoms with Gasteiger partial charge in [-0.1, -0.05) is 13.8 Å². The lowest BCUT2D eigenvalue weighted by Crippen LogP contribution is -2.46. The van der Waals surface area contributed by atoms with E-state index in [1.165, 1.54) is 0 Å². The second-order valence-electron chi connectivity index (χ2n) is 3.69. The normalized spacial score (nSPS) is 13.0. The van der Waals surface area contributed by atoms with Crippen molar-refractivity contribution in [3.8, 4) is 0 Å². The Kier molecular flexibility index (Phi) is 4.75. The van der Waals surface area contributed by atoms with E-state index >= 15 is 0 Å². The molecule has 0 unspecified atom stereocenters. The van der Waals surface area contributed by atoms with E-state index in [1.54, 1.807) is 0 Å². The maximum atomic E-state index is 8.83. The van der Waals surface area contributed by atoms with Gasteiger partial charge in [-0.15, -0.1) is 0 Å². The van der Waals surface area contributed by atoms with E-state index in [4.69, 9.17) is 10.2 Å². The summed E-state index contributed by atoms with van der Waals surface area (Å²) in [4.78, 5) is 2.07. The summed E-state index contributed by atoms with van der Waals surface area (Å²) in [7, 11) is 0. The highest BCUT2D eigenvalue weighted by Crippen LogP contribution is 2.17. The van der Waals surface area contributed by atoms with Gasteiger partial charge in [-0.25, -0.2) is 0 Å². The van der Waals surface area contributed by atoms with Gasteiger partial charge in [0, 0.05) is 12.1 Å². The van der Waals surface area contributed by atoms with Crippen molar-refractivity contribution in [2.24, 2.45) is 0 Å². The quantitative estimate of drug-likeness (QED) is 0.608. The second kappa shape index (κ2) is 4.80. The summed E-state index contributed by atoms with van der Waals surface area (Å²) in [6.45, 7) is 9.53. The van der Waals surface area contributed by atoms with Gasteiger partial charge in [0.2, 0.25) is 0 Å². The number of aliphatic hydroxyl groups is 2. The van der Waals surface area contributed by atoms with Crippen LogP contribution in [-0.4, -0.2) is 40.0 Å². The fourth-order valence-corrected chi connectivity index (χ4v) is 1.22. The van der Waals surface area contributed by atoms with Crippen molar-refractivity contribution in [1.29, 1.82) is 0 Å². The summed E-state index contributed by atoms with van der Waals surface area (Å²) < 4.78 is 0. The third-order valence-corrected chi connectivity index (χ3v) is 2.49. The van der Waals surface area contributed by atoms with Crippen molar-refractivity contribution in [1.82, 2.24) is 4.90 Å². The lowest BCUT2D eigenvalue weighted by atomic mass is 9.99. The Morgan fingerprint density at radius 1 is 1.25 bits per heavy atom. The highest BCUT2D eigenvalue weighted by Gasteiger charge is 2.24. The van der Waals surface area contributed by atoms with Crippen LogP contribution in [0.1, 0.15) is 34.1 Å². The highest BCUT2D eigenvalue weighted by atomic mass is 16.5. The summed E-state index contributed by atoms with van der Waals surface area (Å²) in [6, 6.07) is 0. The average Bonchev–Trinajstić information content (AvgIpc) is 1.99. The van der Waals surface area contributed by atoms with Gasteiger partial charge in [0.05, 0.1) is 0 Å². The number of rotatable bonds is 5. The van der Waals surface area contributed by atoms with E-state index < -0.39 is 6.29 Å². The van der Waals surface area contributed by atoms with Crippen LogP contribution in [0.4, 0.5) is 0 Å². The molecule has 0 amide bonds. The molecule has 0 spiro atoms. The minimum Gasteiger partial charge on any atom is -0.367 e. The Labute approximate surface area is 75.0 Å². The molecular weight excluding hydrogens is 154 g/mol. The molecule has 0 radical (unpaired) electrons. The number of nitrogens with zero attached hydrogens (tertiary/aromatic N) is 1. The molecule has 0 aliphatic rings. The van der Waals surface area contributed by atoms with Crippen LogP contribution in [0, 0.1) is 0 Å². The van der Waals surface area contributed by atoms with E-state index in [1.807, 2.05) is 6.92 Å². The van der Waals surface area contributed by atoms with Gasteiger partial charge in [-0.3, -0.25) is 4.90 Å². The monoisotopic (exact) mass is 175 g/mol. The van der Waals surface area contributed by atoms with Gasteiger partial charge >= 0.3 is 0 Å². The van der Waals surface area contributed by atoms with Gasteiger partial charge in [-0.2, -0.15) is 0 Å². The van der Waals surface area contributed by atoms with Crippen molar-refractivity contribution < 1.29 is 10.2 Å². The van der Waals surface area contributed by atoms with Gasteiger partial charge in [0.15, 0.2) is 6.29 Å². The molecule has 74 valence electrons. The van der Waals surface area contributed by atoms with Gasteiger partial charge < -0.3 is 10.2 Å². The van der Waals surface area contributed by atoms with Gasteiger partial charge in [0.25, 0.3) is 0 Å². The molecular formula is C9H21NO2. The largest absolute Gasteiger partial charge is 0.367 e. The molecule has 0 saturated heterocycles. The van der Waals surface area contributed by atoms with Crippen molar-refractivity contribution in [2.45, 2.75) is 45.9 Å². The number of hydrogen-bond acceptors (Lipinski definition) is 3. The Balaban J connectivity index is 4.13. The van der Waals surface area contributed by atoms with Crippen LogP contribution in [0.25, 0.3) is 0 Å². The first-order chi connectivity index (χ1) is 5.44. The SMILES string of the molecule is CCN(CC(O)O)C(C)(C)CC. The Morgan fingerprint density at radius 2 is 1.75 bits per heavy atom. The molecule has 2 N–H and O–H groups in total. The van der Waals surface area contributed by atoms with Gasteiger partial charge in [0.1, 0.15) is 0 Å². The molecule has 0 atom stereocenters. The first-order valence-corrected chi connectivity index (χ1v) is 4.55. The summed E-state index contributed by atoms with van der Waals surface area (Å²) in [5.41, 5.74) is 0.0540. The molecule has 3 heteroatoms. The zero-order valence-corrected chi connectivity index (χ0v) is 8.54. The van der Waals surface area contributed by atoms with E-state index in [-0.39, 0.29) is 5.54 Å². The third-order valence-electron chi connectivity index (χ3n) is 2.49. The Hall–Kier alpha value is -0.120. The van der Waals surface area contributed by atoms with Crippen LogP contribution in [0.3, 0.4) is 0 Å². The van der Waals surface area contributed by atoms with Crippen LogP contribution < -0.4 is 0 Å². The van der Waals surface area contributed by atoms with E-state index in [9.17, 15) is 0 Å². The molecule has 0 bridgehead atoms. The average molecular weight is 175 g/mol. The second-order valence-corrected chi connectivity index (χ2v) is 3.69. The molecule has 0 aromatic rings. The summed E-state index contributed by atoms with van der Waals surface area (Å²) in [6.07, 6.45) is -0.219. The molecule has 0 saturated carbocycles. The summed E-state index contributed by atoms with van der Waals surface area (Å²) in [5, 5.41) is 17.7. The van der Waals surface area contributed by atoms with Crippen molar-refractivity contribution in [3.63, 3.8) is 0 Å². The van der Waals surface area contributed by atoms with Crippen LogP contribution in [0.2, 0.25) is 0 Å². The predicted octanol–water partition coefficient (Wildman–Crippen LogP) is 0.808. The number of aliphatic hydroxyl groups excluding tert-OH is 1. The third kappa shape index (κ3) is 3.52. The van der Waals surface area contributed by atoms with Crippen molar-refractivity contribution in [3.05, 3.63) is 0 Å². The minimum atomic E-state index is -1.23. The lowest BCUT2D eigenvalue weighted by molar-refractivity contribution is -0.0773. The zero-order valence-electron chi connectivity index (χ0n) is 8.54. The molecule has 3 nitrogen and oxygen atoms in total. The molecule has 0 aromatic carbocycles. The molecule has 0 aromatic heterocycles. The molecule has 0 aliphatic carbocycles. The first-order valence-electron chi connectivity index (χ1n) is 4.55. The zero-order chi connectivity index (χ0) is 9.78. The smallest absolute Gasteiger partial charge is 0.164 e. The fraction of sp³-hybridized carbons (Fsp3) is 1.00. The van der Waals surface area contributed by atoms with Crippen LogP contribution in [0.5, 0.6) is 0 Å². The van der Waals surface area contributed by atoms with Crippen LogP contribution >= 0.6 is 0 Å². The maximum Gasteiger partial charge on any atom is 0.164 e. The first kappa shape index (κ1) is 11.9. The predicted molar refractivity (Wildman–Crippen MR) is 49.8 cm³/mol. The standard InChI is InChI=1S/C9H21NO2/c1-5-9(3,4)10(6-2)7-8(11)12/h8,11-12H,5-7H2,1-4H3. The minimum absolute atomic E-state index is 0.0540. The van der Waals surface area contributed by atoms with E-state index in [2.05, 4.69) is 25.7 Å². The lowest BCUT2D eigenvalue weighted by Gasteiger charge is -2.37. The van der Waals surface area contributed by atoms with E-state index in [0.29, 0.717) is 6.54 Å². The molecule has 0 aliphatic heterocycles. The molecule has 0 rings (SSSR count). The van der Waals surface area contributed by atoms with Crippen molar-refractivity contribution in [2.75, 3.05) is 13.1 Å². The van der Waals surface area contributed by atoms with Gasteiger partial charge in [-0.05, 0) is 26.8 Å². The number of likely N-dealkylation sites (N-methyl/N-ethyl adjacent to an activating group) is 1. The Bertz CT molecular complexity index is 124. The Morgan fingerprint density at radius 3 is 2.00 bits per heavy atom. The van der Waals surface area contributed by atoms with Crippen LogP contribution in [0.15, 0.2) is 0 Å². The highest BCUT2D eigenvalue weighted by molar-refractivity contribution is 4.79. The van der Waals surface area contributed by atoms with E-state index in [0.717, 1.165) is 13.0 Å². The summed E-state index contributed by atoms with van der Waals surface area (Å²) in [5.74, 6) is 0. The molecule has 12 heavy (non-hydrogen) atoms. The molecule has 0 fully saturated rings. The topological polar surface area (TPSA) is 43.7 Å². The summed E-state index contributed by atoms with van der Waals surface area (Å²) >= 11 is 0. The van der Waals surface area contributed by atoms with Crippen molar-refractivity contribution >= 4 is 0 Å². The molecule has 0 heterocycles. The number of β-amino-alcohol motifs (C(OH)–C–C–N with tert-alkyl or cyclic N) is 2. The van der Waals surface area contributed by atoms with Crippen LogP contribution in [-0.2, 0) is 0 Å².